The zero-order valence-corrected chi connectivity index (χ0v) is 15.3. The lowest BCUT2D eigenvalue weighted by Crippen LogP contribution is -2.25. The smallest absolute Gasteiger partial charge is 0.270 e. The highest BCUT2D eigenvalue weighted by molar-refractivity contribution is 7.13. The normalized spacial score (nSPS) is 14.0. The number of carbonyl (C=O) groups is 1. The molecular weight excluding hydrogens is 336 g/mol. The molecule has 2 aromatic heterocycles. The van der Waals surface area contributed by atoms with E-state index in [-0.39, 0.29) is 5.91 Å². The molecule has 0 radical (unpaired) electrons. The van der Waals surface area contributed by atoms with Crippen LogP contribution in [0, 0.1) is 0 Å². The van der Waals surface area contributed by atoms with Gasteiger partial charge in [0, 0.05) is 50.0 Å². The van der Waals surface area contributed by atoms with Gasteiger partial charge in [0.15, 0.2) is 0 Å². The highest BCUT2D eigenvalue weighted by Gasteiger charge is 2.16. The average molecular weight is 360 g/mol. The zero-order chi connectivity index (χ0) is 17.5. The molecule has 1 aliphatic heterocycles. The Bertz CT molecular complexity index is 698. The van der Waals surface area contributed by atoms with E-state index in [2.05, 4.69) is 26.3 Å². The lowest BCUT2D eigenvalue weighted by Gasteiger charge is -2.16. The predicted molar refractivity (Wildman–Crippen MR) is 100 cm³/mol. The van der Waals surface area contributed by atoms with Gasteiger partial charge in [0.1, 0.15) is 16.5 Å². The van der Waals surface area contributed by atoms with Crippen LogP contribution in [0.25, 0.3) is 10.6 Å². The van der Waals surface area contributed by atoms with E-state index in [0.717, 1.165) is 35.9 Å². The van der Waals surface area contributed by atoms with Gasteiger partial charge in [-0.3, -0.25) is 4.79 Å². The first-order chi connectivity index (χ1) is 12.3. The molecule has 0 aromatic carbocycles. The summed E-state index contributed by atoms with van der Waals surface area (Å²) >= 11 is 1.49. The number of aromatic nitrogens is 2. The fourth-order valence-corrected chi connectivity index (χ4v) is 3.59. The van der Waals surface area contributed by atoms with E-state index < -0.39 is 0 Å². The summed E-state index contributed by atoms with van der Waals surface area (Å²) in [6.07, 6.45) is 5.06. The molecule has 0 atom stereocenters. The number of amides is 1. The SMILES string of the molecule is CCOCCCNC(=O)c1csc(-c2ccnc(N3CCCC3)c2)n1. The number of pyridine rings is 1. The monoisotopic (exact) mass is 360 g/mol. The maximum atomic E-state index is 12.2. The molecule has 134 valence electrons. The number of hydrogen-bond acceptors (Lipinski definition) is 6. The number of ether oxygens (including phenoxy) is 1. The van der Waals surface area contributed by atoms with Gasteiger partial charge in [0.2, 0.25) is 0 Å². The van der Waals surface area contributed by atoms with Crippen LogP contribution in [0.5, 0.6) is 0 Å². The molecule has 1 amide bonds. The van der Waals surface area contributed by atoms with Crippen LogP contribution < -0.4 is 10.2 Å². The summed E-state index contributed by atoms with van der Waals surface area (Å²) in [5.74, 6) is 0.861. The number of anilines is 1. The van der Waals surface area contributed by atoms with Crippen molar-refractivity contribution in [3.8, 4) is 10.6 Å². The molecular formula is C18H24N4O2S. The van der Waals surface area contributed by atoms with Crippen LogP contribution >= 0.6 is 11.3 Å². The highest BCUT2D eigenvalue weighted by Crippen LogP contribution is 2.27. The van der Waals surface area contributed by atoms with E-state index in [0.29, 0.717) is 25.5 Å². The number of thiazole rings is 1. The Labute approximate surface area is 152 Å². The Morgan fingerprint density at radius 2 is 2.24 bits per heavy atom. The van der Waals surface area contributed by atoms with E-state index in [1.807, 2.05) is 24.6 Å². The minimum atomic E-state index is -0.132. The average Bonchev–Trinajstić information content (AvgIpc) is 3.33. The van der Waals surface area contributed by atoms with Gasteiger partial charge < -0.3 is 15.0 Å². The molecule has 0 bridgehead atoms. The van der Waals surface area contributed by atoms with Gasteiger partial charge in [-0.25, -0.2) is 9.97 Å². The summed E-state index contributed by atoms with van der Waals surface area (Å²) in [5.41, 5.74) is 1.48. The zero-order valence-electron chi connectivity index (χ0n) is 14.5. The minimum absolute atomic E-state index is 0.132. The third-order valence-corrected chi connectivity index (χ3v) is 5.01. The molecule has 7 heteroatoms. The van der Waals surface area contributed by atoms with Crippen LogP contribution in [-0.4, -0.2) is 48.7 Å². The van der Waals surface area contributed by atoms with Gasteiger partial charge >= 0.3 is 0 Å². The third-order valence-electron chi connectivity index (χ3n) is 4.11. The summed E-state index contributed by atoms with van der Waals surface area (Å²) in [4.78, 5) is 23.4. The van der Waals surface area contributed by atoms with Crippen molar-refractivity contribution >= 4 is 23.1 Å². The van der Waals surface area contributed by atoms with Crippen molar-refractivity contribution in [2.45, 2.75) is 26.2 Å². The number of rotatable bonds is 8. The molecule has 2 aromatic rings. The molecule has 1 N–H and O–H groups in total. The Hall–Kier alpha value is -1.99. The maximum Gasteiger partial charge on any atom is 0.270 e. The second-order valence-electron chi connectivity index (χ2n) is 5.94. The first-order valence-electron chi connectivity index (χ1n) is 8.81. The number of carbonyl (C=O) groups excluding carboxylic acids is 1. The van der Waals surface area contributed by atoms with Gasteiger partial charge in [0.25, 0.3) is 5.91 Å². The van der Waals surface area contributed by atoms with Gasteiger partial charge in [-0.2, -0.15) is 0 Å². The van der Waals surface area contributed by atoms with Crippen LogP contribution in [0.2, 0.25) is 0 Å². The van der Waals surface area contributed by atoms with Crippen molar-refractivity contribution in [2.75, 3.05) is 37.7 Å². The van der Waals surface area contributed by atoms with Crippen molar-refractivity contribution in [1.29, 1.82) is 0 Å². The summed E-state index contributed by atoms with van der Waals surface area (Å²) in [5, 5.41) is 5.54. The summed E-state index contributed by atoms with van der Waals surface area (Å²) in [6.45, 7) is 6.04. The quantitative estimate of drug-likeness (QED) is 0.733. The lowest BCUT2D eigenvalue weighted by molar-refractivity contribution is 0.0940. The first kappa shape index (κ1) is 17.8. The molecule has 3 rings (SSSR count). The first-order valence-corrected chi connectivity index (χ1v) is 9.68. The van der Waals surface area contributed by atoms with Gasteiger partial charge in [0.05, 0.1) is 0 Å². The van der Waals surface area contributed by atoms with E-state index in [4.69, 9.17) is 4.74 Å². The summed E-state index contributed by atoms with van der Waals surface area (Å²) < 4.78 is 5.26. The number of hydrogen-bond donors (Lipinski definition) is 1. The van der Waals surface area contributed by atoms with Crippen LogP contribution in [0.3, 0.4) is 0 Å². The summed E-state index contributed by atoms with van der Waals surface area (Å²) in [7, 11) is 0. The van der Waals surface area contributed by atoms with Crippen LogP contribution in [0.4, 0.5) is 5.82 Å². The third kappa shape index (κ3) is 4.76. The van der Waals surface area contributed by atoms with Crippen molar-refractivity contribution in [3.05, 3.63) is 29.4 Å². The highest BCUT2D eigenvalue weighted by atomic mass is 32.1. The molecule has 1 aliphatic rings. The Morgan fingerprint density at radius 3 is 3.04 bits per heavy atom. The van der Waals surface area contributed by atoms with E-state index in [1.54, 1.807) is 0 Å². The Balaban J connectivity index is 1.61. The molecule has 0 spiro atoms. The number of nitrogens with one attached hydrogen (secondary N) is 1. The minimum Gasteiger partial charge on any atom is -0.382 e. The van der Waals surface area contributed by atoms with Crippen molar-refractivity contribution in [2.24, 2.45) is 0 Å². The van der Waals surface area contributed by atoms with E-state index in [1.165, 1.54) is 24.2 Å². The fourth-order valence-electron chi connectivity index (χ4n) is 2.79. The maximum absolute atomic E-state index is 12.2. The summed E-state index contributed by atoms with van der Waals surface area (Å²) in [6, 6.07) is 4.01. The molecule has 1 saturated heterocycles. The molecule has 25 heavy (non-hydrogen) atoms. The predicted octanol–water partition coefficient (Wildman–Crippen LogP) is 2.96. The molecule has 0 unspecified atom stereocenters. The lowest BCUT2D eigenvalue weighted by atomic mass is 10.2. The van der Waals surface area contributed by atoms with Gasteiger partial charge in [-0.05, 0) is 38.3 Å². The molecule has 1 fully saturated rings. The van der Waals surface area contributed by atoms with E-state index in [9.17, 15) is 4.79 Å². The van der Waals surface area contributed by atoms with Crippen LogP contribution in [0.1, 0.15) is 36.7 Å². The largest absolute Gasteiger partial charge is 0.382 e. The van der Waals surface area contributed by atoms with Crippen LogP contribution in [-0.2, 0) is 4.74 Å². The fraction of sp³-hybridized carbons (Fsp3) is 0.500. The standard InChI is InChI=1S/C18H24N4O2S/c1-2-24-11-5-7-20-17(23)15-13-25-18(21-15)14-6-8-19-16(12-14)22-9-3-4-10-22/h6,8,12-13H,2-5,7,9-11H2,1H3,(H,20,23). The van der Waals surface area contributed by atoms with Crippen LogP contribution in [0.15, 0.2) is 23.7 Å². The molecule has 0 saturated carbocycles. The van der Waals surface area contributed by atoms with Crippen molar-refractivity contribution in [1.82, 2.24) is 15.3 Å². The second kappa shape index (κ2) is 8.92. The van der Waals surface area contributed by atoms with Gasteiger partial charge in [-0.1, -0.05) is 0 Å². The van der Waals surface area contributed by atoms with Gasteiger partial charge in [-0.15, -0.1) is 11.3 Å². The van der Waals surface area contributed by atoms with Crippen molar-refractivity contribution < 1.29 is 9.53 Å². The molecule has 6 nitrogen and oxygen atoms in total. The Kier molecular flexibility index (Phi) is 6.36. The van der Waals surface area contributed by atoms with Crippen molar-refractivity contribution in [3.63, 3.8) is 0 Å². The molecule has 3 heterocycles. The molecule has 0 aliphatic carbocycles. The topological polar surface area (TPSA) is 67.3 Å². The van der Waals surface area contributed by atoms with E-state index >= 15 is 0 Å². The Morgan fingerprint density at radius 1 is 1.40 bits per heavy atom. The number of nitrogens with zero attached hydrogens (tertiary/aromatic N) is 3. The second-order valence-corrected chi connectivity index (χ2v) is 6.80.